The molecule has 0 saturated carbocycles. The highest BCUT2D eigenvalue weighted by Gasteiger charge is 2.13. The van der Waals surface area contributed by atoms with E-state index < -0.39 is 0 Å². The quantitative estimate of drug-likeness (QED) is 0.684. The summed E-state index contributed by atoms with van der Waals surface area (Å²) in [6.07, 6.45) is 4.79. The van der Waals surface area contributed by atoms with E-state index in [1.165, 1.54) is 5.57 Å². The van der Waals surface area contributed by atoms with Crippen LogP contribution in [0.5, 0.6) is 5.75 Å². The van der Waals surface area contributed by atoms with Gasteiger partial charge in [0.2, 0.25) is 0 Å². The monoisotopic (exact) mass is 249 g/mol. The van der Waals surface area contributed by atoms with Crippen molar-refractivity contribution in [3.05, 3.63) is 39.5 Å². The third kappa shape index (κ3) is 1.05. The lowest BCUT2D eigenvalue weighted by Crippen LogP contribution is -2.33. The first kappa shape index (κ1) is 8.24. The summed E-state index contributed by atoms with van der Waals surface area (Å²) in [6.45, 7) is 0.883. The number of allylic oxidation sites excluding steroid dienone is 1. The summed E-state index contributed by atoms with van der Waals surface area (Å²) in [5.41, 5.74) is 1.33. The molecule has 2 nitrogen and oxygen atoms in total. The number of ether oxygens (including phenoxy) is 1. The molecule has 0 aromatic heterocycles. The van der Waals surface area contributed by atoms with Crippen LogP contribution < -0.4 is 15.3 Å². The van der Waals surface area contributed by atoms with E-state index in [2.05, 4.69) is 20.9 Å². The molecule has 2 aliphatic rings. The van der Waals surface area contributed by atoms with E-state index in [9.17, 15) is 0 Å². The molecule has 0 aliphatic carbocycles. The predicted octanol–water partition coefficient (Wildman–Crippen LogP) is 1.53. The molecule has 1 aromatic carbocycles. The lowest BCUT2D eigenvalue weighted by atomic mass is 10.0. The van der Waals surface area contributed by atoms with E-state index in [1.54, 1.807) is 6.26 Å². The summed E-state index contributed by atoms with van der Waals surface area (Å²) in [5, 5.41) is 2.21. The number of benzene rings is 1. The zero-order chi connectivity index (χ0) is 9.54. The van der Waals surface area contributed by atoms with Crippen molar-refractivity contribution in [2.75, 3.05) is 6.54 Å². The van der Waals surface area contributed by atoms with E-state index in [1.807, 2.05) is 18.2 Å². The summed E-state index contributed by atoms with van der Waals surface area (Å²) < 4.78 is 6.49. The average molecular weight is 250 g/mol. The summed E-state index contributed by atoms with van der Waals surface area (Å²) >= 11 is 3.48. The molecular formula is C11H8BrNO. The van der Waals surface area contributed by atoms with E-state index in [4.69, 9.17) is 4.74 Å². The minimum Gasteiger partial charge on any atom is -0.463 e. The van der Waals surface area contributed by atoms with Gasteiger partial charge in [0.05, 0.1) is 16.1 Å². The van der Waals surface area contributed by atoms with Crippen molar-refractivity contribution in [2.45, 2.75) is 6.42 Å². The highest BCUT2D eigenvalue weighted by Crippen LogP contribution is 2.23. The molecule has 0 radical (unpaired) electrons. The van der Waals surface area contributed by atoms with Crippen molar-refractivity contribution in [3.8, 4) is 5.75 Å². The van der Waals surface area contributed by atoms with Crippen LogP contribution >= 0.6 is 15.9 Å². The van der Waals surface area contributed by atoms with Gasteiger partial charge in [-0.2, -0.15) is 0 Å². The summed E-state index contributed by atoms with van der Waals surface area (Å²) in [7, 11) is 0. The van der Waals surface area contributed by atoms with Crippen LogP contribution in [-0.4, -0.2) is 6.54 Å². The van der Waals surface area contributed by atoms with Gasteiger partial charge in [0, 0.05) is 11.8 Å². The van der Waals surface area contributed by atoms with E-state index in [-0.39, 0.29) is 0 Å². The molecule has 0 bridgehead atoms. The largest absolute Gasteiger partial charge is 0.463 e. The SMILES string of the molecule is Brc1ccc2c3c1OC=CC=3CCN=2. The number of halogens is 1. The predicted molar refractivity (Wildman–Crippen MR) is 57.6 cm³/mol. The Hall–Kier alpha value is -1.09. The zero-order valence-electron chi connectivity index (χ0n) is 7.46. The van der Waals surface area contributed by atoms with Crippen molar-refractivity contribution >= 4 is 21.5 Å². The fraction of sp³-hybridized carbons (Fsp3) is 0.182. The molecule has 2 aliphatic heterocycles. The molecule has 0 atom stereocenters. The van der Waals surface area contributed by atoms with Crippen molar-refractivity contribution in [2.24, 2.45) is 4.99 Å². The molecule has 1 aromatic rings. The second kappa shape index (κ2) is 2.95. The van der Waals surface area contributed by atoms with Crippen molar-refractivity contribution < 1.29 is 4.74 Å². The lowest BCUT2D eigenvalue weighted by molar-refractivity contribution is 0.467. The molecule has 3 heteroatoms. The Morgan fingerprint density at radius 1 is 1.36 bits per heavy atom. The molecular weight excluding hydrogens is 242 g/mol. The van der Waals surface area contributed by atoms with Gasteiger partial charge in [-0.25, -0.2) is 0 Å². The maximum absolute atomic E-state index is 5.49. The van der Waals surface area contributed by atoms with Crippen molar-refractivity contribution in [3.63, 3.8) is 0 Å². The number of hydrogen-bond acceptors (Lipinski definition) is 2. The molecule has 0 amide bonds. The average Bonchev–Trinajstić information content (AvgIpc) is 2.24. The number of rotatable bonds is 0. The van der Waals surface area contributed by atoms with Crippen molar-refractivity contribution in [1.82, 2.24) is 0 Å². The van der Waals surface area contributed by atoms with E-state index >= 15 is 0 Å². The maximum Gasteiger partial charge on any atom is 0.150 e. The van der Waals surface area contributed by atoms with Crippen molar-refractivity contribution in [1.29, 1.82) is 0 Å². The van der Waals surface area contributed by atoms with Crippen LogP contribution in [0.15, 0.2) is 33.9 Å². The fourth-order valence-electron chi connectivity index (χ4n) is 1.88. The highest BCUT2D eigenvalue weighted by molar-refractivity contribution is 9.10. The van der Waals surface area contributed by atoms with Crippen LogP contribution in [-0.2, 0) is 0 Å². The van der Waals surface area contributed by atoms with Gasteiger partial charge in [0.25, 0.3) is 0 Å². The topological polar surface area (TPSA) is 21.6 Å². The first-order valence-corrected chi connectivity index (χ1v) is 5.35. The van der Waals surface area contributed by atoms with Gasteiger partial charge in [-0.3, -0.25) is 4.99 Å². The molecule has 14 heavy (non-hydrogen) atoms. The smallest absolute Gasteiger partial charge is 0.150 e. The Bertz CT molecular complexity index is 545. The minimum atomic E-state index is 0.883. The standard InChI is InChI=1S/C11H8BrNO/c12-8-1-2-9-10-7(3-5-13-9)4-6-14-11(8)10/h1-2,4,6H,3,5H2. The minimum absolute atomic E-state index is 0.883. The summed E-state index contributed by atoms with van der Waals surface area (Å²) in [6, 6.07) is 4.02. The summed E-state index contributed by atoms with van der Waals surface area (Å²) in [4.78, 5) is 4.47. The van der Waals surface area contributed by atoms with Gasteiger partial charge in [-0.05, 0) is 46.1 Å². The Morgan fingerprint density at radius 2 is 2.29 bits per heavy atom. The van der Waals surface area contributed by atoms with Gasteiger partial charge < -0.3 is 4.74 Å². The molecule has 0 spiro atoms. The van der Waals surface area contributed by atoms with Gasteiger partial charge in [-0.15, -0.1) is 0 Å². The van der Waals surface area contributed by atoms with Gasteiger partial charge in [0.15, 0.2) is 0 Å². The molecule has 0 saturated heterocycles. The Balaban J connectivity index is 2.56. The van der Waals surface area contributed by atoms with E-state index in [0.29, 0.717) is 0 Å². The van der Waals surface area contributed by atoms with Crippen LogP contribution in [0.4, 0.5) is 0 Å². The molecule has 0 N–H and O–H groups in total. The van der Waals surface area contributed by atoms with Crippen LogP contribution in [0.1, 0.15) is 6.42 Å². The fourth-order valence-corrected chi connectivity index (χ4v) is 2.30. The Labute approximate surface area is 89.7 Å². The molecule has 3 rings (SSSR count). The lowest BCUT2D eigenvalue weighted by Gasteiger charge is -2.15. The first-order chi connectivity index (χ1) is 6.86. The van der Waals surface area contributed by atoms with Gasteiger partial charge in [0.1, 0.15) is 5.75 Å². The highest BCUT2D eigenvalue weighted by atomic mass is 79.9. The van der Waals surface area contributed by atoms with Gasteiger partial charge >= 0.3 is 0 Å². The maximum atomic E-state index is 5.49. The Morgan fingerprint density at radius 3 is 3.21 bits per heavy atom. The second-order valence-electron chi connectivity index (χ2n) is 3.35. The molecule has 2 heterocycles. The third-order valence-corrected chi connectivity index (χ3v) is 3.15. The first-order valence-electron chi connectivity index (χ1n) is 4.55. The van der Waals surface area contributed by atoms with Crippen LogP contribution in [0, 0.1) is 0 Å². The molecule has 0 fully saturated rings. The molecule has 70 valence electrons. The number of nitrogens with zero attached hydrogens (tertiary/aromatic N) is 1. The second-order valence-corrected chi connectivity index (χ2v) is 4.20. The molecule has 0 unspecified atom stereocenters. The zero-order valence-corrected chi connectivity index (χ0v) is 9.04. The van der Waals surface area contributed by atoms with Gasteiger partial charge in [-0.1, -0.05) is 0 Å². The van der Waals surface area contributed by atoms with Crippen LogP contribution in [0.25, 0.3) is 5.57 Å². The normalized spacial score (nSPS) is 17.1. The third-order valence-electron chi connectivity index (χ3n) is 2.53. The van der Waals surface area contributed by atoms with Crippen LogP contribution in [0.3, 0.4) is 0 Å². The number of hydrogen-bond donors (Lipinski definition) is 0. The van der Waals surface area contributed by atoms with E-state index in [0.717, 1.165) is 33.8 Å². The Kier molecular flexibility index (Phi) is 1.74. The summed E-state index contributed by atoms with van der Waals surface area (Å²) in [5.74, 6) is 0.906. The van der Waals surface area contributed by atoms with Crippen LogP contribution in [0.2, 0.25) is 0 Å².